The molecular formula is C15H11Br2N3O3S. The van der Waals surface area contributed by atoms with Crippen molar-refractivity contribution in [3.05, 3.63) is 54.3 Å². The van der Waals surface area contributed by atoms with Crippen molar-refractivity contribution in [2.24, 2.45) is 0 Å². The van der Waals surface area contributed by atoms with Gasteiger partial charge in [-0.1, -0.05) is 12.1 Å². The summed E-state index contributed by atoms with van der Waals surface area (Å²) in [4.78, 5) is 31.7. The molecule has 6 nitrogen and oxygen atoms in total. The number of amides is 1. The minimum Gasteiger partial charge on any atom is -0.497 e. The second kappa shape index (κ2) is 7.04. The van der Waals surface area contributed by atoms with Gasteiger partial charge in [0.05, 0.1) is 20.8 Å². The molecule has 3 rings (SSSR count). The summed E-state index contributed by atoms with van der Waals surface area (Å²) in [5.74, 6) is 0.247. The maximum atomic E-state index is 12.3. The summed E-state index contributed by atoms with van der Waals surface area (Å²) in [7, 11) is 1.58. The van der Waals surface area contributed by atoms with Gasteiger partial charge in [-0.25, -0.2) is 4.98 Å². The lowest BCUT2D eigenvalue weighted by Gasteiger charge is -2.06. The zero-order valence-electron chi connectivity index (χ0n) is 12.4. The Morgan fingerprint density at radius 3 is 2.96 bits per heavy atom. The summed E-state index contributed by atoms with van der Waals surface area (Å²) in [5.41, 5.74) is 0.521. The number of rotatable bonds is 4. The minimum absolute atomic E-state index is 0.0170. The lowest BCUT2D eigenvalue weighted by Crippen LogP contribution is -2.27. The Morgan fingerprint density at radius 1 is 1.42 bits per heavy atom. The third-order valence-corrected chi connectivity index (χ3v) is 6.61. The number of methoxy groups -OCH3 is 1. The lowest BCUT2D eigenvalue weighted by molar-refractivity contribution is 0.0940. The zero-order valence-corrected chi connectivity index (χ0v) is 16.3. The smallest absolute Gasteiger partial charge is 0.287 e. The summed E-state index contributed by atoms with van der Waals surface area (Å²) in [6, 6.07) is 7.36. The third-order valence-electron chi connectivity index (χ3n) is 3.27. The molecule has 1 aromatic carbocycles. The topological polar surface area (TPSA) is 84.1 Å². The quantitative estimate of drug-likeness (QED) is 0.609. The van der Waals surface area contributed by atoms with Gasteiger partial charge in [-0.2, -0.15) is 0 Å². The Balaban J connectivity index is 1.82. The fourth-order valence-electron chi connectivity index (χ4n) is 2.10. The van der Waals surface area contributed by atoms with Gasteiger partial charge in [0.25, 0.3) is 11.5 Å². The summed E-state index contributed by atoms with van der Waals surface area (Å²) in [6.45, 7) is 0.301. The van der Waals surface area contributed by atoms with Crippen molar-refractivity contribution in [2.45, 2.75) is 6.54 Å². The van der Waals surface area contributed by atoms with Gasteiger partial charge in [-0.3, -0.25) is 9.59 Å². The Hall–Kier alpha value is -1.71. The van der Waals surface area contributed by atoms with Crippen LogP contribution >= 0.6 is 43.2 Å². The van der Waals surface area contributed by atoms with E-state index >= 15 is 0 Å². The molecular weight excluding hydrogens is 462 g/mol. The molecule has 0 atom stereocenters. The molecule has 24 heavy (non-hydrogen) atoms. The van der Waals surface area contributed by atoms with Crippen molar-refractivity contribution in [3.8, 4) is 5.75 Å². The number of nitrogens with zero attached hydrogens (tertiary/aromatic N) is 1. The monoisotopic (exact) mass is 471 g/mol. The number of hydrogen-bond acceptors (Lipinski definition) is 5. The number of aromatic amines is 1. The Labute approximate surface area is 157 Å². The Bertz CT molecular complexity index is 984. The van der Waals surface area contributed by atoms with Crippen molar-refractivity contribution in [1.29, 1.82) is 0 Å². The van der Waals surface area contributed by atoms with Crippen molar-refractivity contribution < 1.29 is 9.53 Å². The van der Waals surface area contributed by atoms with E-state index in [0.717, 1.165) is 9.35 Å². The fraction of sp³-hybridized carbons (Fsp3) is 0.133. The molecule has 3 aromatic rings. The molecule has 0 aliphatic rings. The van der Waals surface area contributed by atoms with Gasteiger partial charge < -0.3 is 15.0 Å². The van der Waals surface area contributed by atoms with Crippen LogP contribution < -0.4 is 15.6 Å². The number of ether oxygens (including phenoxy) is 1. The maximum Gasteiger partial charge on any atom is 0.287 e. The van der Waals surface area contributed by atoms with E-state index in [9.17, 15) is 9.59 Å². The number of carbonyl (C=O) groups is 1. The van der Waals surface area contributed by atoms with Crippen LogP contribution in [0.3, 0.4) is 0 Å². The zero-order chi connectivity index (χ0) is 17.3. The lowest BCUT2D eigenvalue weighted by atomic mass is 10.2. The molecule has 0 spiro atoms. The molecule has 0 saturated heterocycles. The largest absolute Gasteiger partial charge is 0.497 e. The van der Waals surface area contributed by atoms with Crippen molar-refractivity contribution >= 4 is 59.3 Å². The van der Waals surface area contributed by atoms with E-state index in [-0.39, 0.29) is 11.4 Å². The number of H-pyrrole nitrogens is 1. The standard InChI is InChI=1S/C15H11Br2N3O3S/c1-23-8-4-2-3-7(5-8)6-18-14(22)12-19-13(21)9-10(16)11(17)24-15(9)20-12/h2-5H,6H2,1H3,(H,18,22)(H,19,20,21). The number of thiophene rings is 1. The molecule has 2 aromatic heterocycles. The van der Waals surface area contributed by atoms with Crippen molar-refractivity contribution in [2.75, 3.05) is 7.11 Å². The first-order valence-corrected chi connectivity index (χ1v) is 9.19. The van der Waals surface area contributed by atoms with Crippen LogP contribution in [0.25, 0.3) is 10.2 Å². The minimum atomic E-state index is -0.447. The highest BCUT2D eigenvalue weighted by atomic mass is 79.9. The normalized spacial score (nSPS) is 10.8. The molecule has 0 bridgehead atoms. The number of nitrogens with one attached hydrogen (secondary N) is 2. The van der Waals surface area contributed by atoms with Crippen molar-refractivity contribution in [1.82, 2.24) is 15.3 Å². The van der Waals surface area contributed by atoms with E-state index in [4.69, 9.17) is 4.74 Å². The molecule has 1 amide bonds. The Morgan fingerprint density at radius 2 is 2.21 bits per heavy atom. The molecule has 2 N–H and O–H groups in total. The summed E-state index contributed by atoms with van der Waals surface area (Å²) in [6.07, 6.45) is 0. The number of halogens is 2. The highest BCUT2D eigenvalue weighted by Gasteiger charge is 2.17. The van der Waals surface area contributed by atoms with Gasteiger partial charge in [0.15, 0.2) is 0 Å². The molecule has 0 aliphatic carbocycles. The number of benzene rings is 1. The number of fused-ring (bicyclic) bond motifs is 1. The third kappa shape index (κ3) is 3.38. The molecule has 0 radical (unpaired) electrons. The first-order valence-electron chi connectivity index (χ1n) is 6.78. The van der Waals surface area contributed by atoms with Crippen LogP contribution in [-0.2, 0) is 6.54 Å². The van der Waals surface area contributed by atoms with Crippen LogP contribution in [0.4, 0.5) is 0 Å². The highest BCUT2D eigenvalue weighted by molar-refractivity contribution is 9.13. The van der Waals surface area contributed by atoms with E-state index in [1.54, 1.807) is 7.11 Å². The van der Waals surface area contributed by atoms with E-state index in [1.807, 2.05) is 24.3 Å². The van der Waals surface area contributed by atoms with Crippen LogP contribution in [0.15, 0.2) is 37.3 Å². The van der Waals surface area contributed by atoms with E-state index in [0.29, 0.717) is 27.0 Å². The van der Waals surface area contributed by atoms with Crippen LogP contribution in [-0.4, -0.2) is 23.0 Å². The van der Waals surface area contributed by atoms with Gasteiger partial charge in [-0.15, -0.1) is 11.3 Å². The van der Waals surface area contributed by atoms with Crippen LogP contribution in [0.5, 0.6) is 5.75 Å². The second-order valence-electron chi connectivity index (χ2n) is 4.82. The van der Waals surface area contributed by atoms with Gasteiger partial charge in [0, 0.05) is 6.54 Å². The molecule has 9 heteroatoms. The SMILES string of the molecule is COc1cccc(CNC(=O)c2nc3sc(Br)c(Br)c3c(=O)[nH]2)c1. The van der Waals surface area contributed by atoms with E-state index in [1.165, 1.54) is 11.3 Å². The highest BCUT2D eigenvalue weighted by Crippen LogP contribution is 2.36. The molecule has 0 unspecified atom stereocenters. The van der Waals surface area contributed by atoms with Gasteiger partial charge >= 0.3 is 0 Å². The van der Waals surface area contributed by atoms with Gasteiger partial charge in [-0.05, 0) is 49.6 Å². The van der Waals surface area contributed by atoms with E-state index < -0.39 is 5.91 Å². The maximum absolute atomic E-state index is 12.3. The second-order valence-corrected chi connectivity index (χ2v) is 7.93. The number of hydrogen-bond donors (Lipinski definition) is 2. The summed E-state index contributed by atoms with van der Waals surface area (Å²) >= 11 is 7.96. The summed E-state index contributed by atoms with van der Waals surface area (Å²) < 4.78 is 6.54. The Kier molecular flexibility index (Phi) is 5.02. The average molecular weight is 473 g/mol. The van der Waals surface area contributed by atoms with Crippen LogP contribution in [0, 0.1) is 0 Å². The fourth-order valence-corrected chi connectivity index (χ4v) is 4.30. The molecule has 124 valence electrons. The van der Waals surface area contributed by atoms with E-state index in [2.05, 4.69) is 47.1 Å². The number of carbonyl (C=O) groups excluding carboxylic acids is 1. The van der Waals surface area contributed by atoms with Crippen molar-refractivity contribution in [3.63, 3.8) is 0 Å². The first-order chi connectivity index (χ1) is 11.5. The number of aromatic nitrogens is 2. The van der Waals surface area contributed by atoms with Gasteiger partial charge in [0.2, 0.25) is 5.82 Å². The predicted molar refractivity (Wildman–Crippen MR) is 99.8 cm³/mol. The first kappa shape index (κ1) is 17.1. The summed E-state index contributed by atoms with van der Waals surface area (Å²) in [5, 5.41) is 3.16. The van der Waals surface area contributed by atoms with Crippen LogP contribution in [0.1, 0.15) is 16.2 Å². The average Bonchev–Trinajstić information content (AvgIpc) is 2.87. The van der Waals surface area contributed by atoms with Crippen LogP contribution in [0.2, 0.25) is 0 Å². The molecule has 2 heterocycles. The predicted octanol–water partition coefficient (Wildman–Crippen LogP) is 3.45. The van der Waals surface area contributed by atoms with Gasteiger partial charge in [0.1, 0.15) is 10.6 Å². The molecule has 0 saturated carbocycles. The molecule has 0 fully saturated rings. The molecule has 0 aliphatic heterocycles.